The van der Waals surface area contributed by atoms with Crippen molar-refractivity contribution in [1.82, 2.24) is 19.5 Å². The van der Waals surface area contributed by atoms with E-state index in [0.717, 1.165) is 33.4 Å². The number of pyridine rings is 1. The molecule has 0 saturated carbocycles. The molecule has 0 amide bonds. The Hall–Kier alpha value is -2.10. The summed E-state index contributed by atoms with van der Waals surface area (Å²) in [5.74, 6) is 1.42. The monoisotopic (exact) mass is 454 g/mol. The van der Waals surface area contributed by atoms with E-state index in [0.29, 0.717) is 22.5 Å². The van der Waals surface area contributed by atoms with Crippen LogP contribution in [0.2, 0.25) is 4.47 Å². The van der Waals surface area contributed by atoms with Crippen LogP contribution in [0.5, 0.6) is 0 Å². The molecule has 0 N–H and O–H groups in total. The average Bonchev–Trinajstić information content (AvgIpc) is 3.25. The number of nitrogens with zero attached hydrogens (tertiary/aromatic N) is 4. The summed E-state index contributed by atoms with van der Waals surface area (Å²) in [6.07, 6.45) is -1.98. The van der Waals surface area contributed by atoms with Gasteiger partial charge in [-0.1, -0.05) is 36.7 Å². The maximum absolute atomic E-state index is 13.2. The molecule has 0 aliphatic carbocycles. The summed E-state index contributed by atoms with van der Waals surface area (Å²) in [5, 5.41) is 0. The predicted molar refractivity (Wildman–Crippen MR) is 111 cm³/mol. The number of thiazole rings is 1. The van der Waals surface area contributed by atoms with Gasteiger partial charge in [0.25, 0.3) is 0 Å². The van der Waals surface area contributed by atoms with Crippen molar-refractivity contribution in [3.63, 3.8) is 0 Å². The molecular formula is C19H14ClF3N4S2. The van der Waals surface area contributed by atoms with E-state index < -0.39 is 11.7 Å². The third-order valence-electron chi connectivity index (χ3n) is 4.18. The molecule has 4 rings (SSSR count). The molecule has 0 aliphatic heterocycles. The second-order valence-corrected chi connectivity index (χ2v) is 9.10. The molecule has 4 nitrogen and oxygen atoms in total. The second-order valence-electron chi connectivity index (χ2n) is 6.09. The lowest BCUT2D eigenvalue weighted by atomic mass is 10.2. The van der Waals surface area contributed by atoms with E-state index in [1.165, 1.54) is 11.3 Å². The molecule has 29 heavy (non-hydrogen) atoms. The van der Waals surface area contributed by atoms with Crippen molar-refractivity contribution in [2.24, 2.45) is 0 Å². The van der Waals surface area contributed by atoms with Crippen LogP contribution in [0, 0.1) is 0 Å². The van der Waals surface area contributed by atoms with Crippen LogP contribution in [0.3, 0.4) is 0 Å². The Labute approximate surface area is 177 Å². The standard InChI is InChI=1S/C19H14ClF3N4S2/c1-2-28-15-6-4-3-5-13(15)16-26-14-7-11(19(21,22)23)8-24-17(14)27(16)10-12-9-25-18(20)29-12/h3-9H,2,10H2,1H3. The first-order valence-electron chi connectivity index (χ1n) is 8.62. The largest absolute Gasteiger partial charge is 0.417 e. The lowest BCUT2D eigenvalue weighted by molar-refractivity contribution is -0.137. The molecule has 0 aliphatic rings. The third kappa shape index (κ3) is 4.12. The minimum Gasteiger partial charge on any atom is -0.303 e. The average molecular weight is 455 g/mol. The lowest BCUT2D eigenvalue weighted by Crippen LogP contribution is -2.06. The van der Waals surface area contributed by atoms with Crippen LogP contribution in [0.1, 0.15) is 17.4 Å². The van der Waals surface area contributed by atoms with E-state index in [9.17, 15) is 13.2 Å². The molecule has 10 heteroatoms. The molecule has 0 unspecified atom stereocenters. The number of aromatic nitrogens is 4. The summed E-state index contributed by atoms with van der Waals surface area (Å²) in [5.41, 5.74) is 0.607. The number of alkyl halides is 3. The quantitative estimate of drug-likeness (QED) is 0.328. The first-order valence-corrected chi connectivity index (χ1v) is 10.8. The molecule has 0 atom stereocenters. The van der Waals surface area contributed by atoms with Gasteiger partial charge in [-0.15, -0.1) is 23.1 Å². The van der Waals surface area contributed by atoms with Gasteiger partial charge in [-0.2, -0.15) is 13.2 Å². The number of benzene rings is 1. The first kappa shape index (κ1) is 20.2. The number of halogens is 4. The molecule has 3 heterocycles. The van der Waals surface area contributed by atoms with Gasteiger partial charge in [-0.25, -0.2) is 15.0 Å². The summed E-state index contributed by atoms with van der Waals surface area (Å²) in [6.45, 7) is 2.40. The second kappa shape index (κ2) is 7.97. The van der Waals surface area contributed by atoms with Gasteiger partial charge in [0.05, 0.1) is 12.1 Å². The normalized spacial score (nSPS) is 12.0. The summed E-state index contributed by atoms with van der Waals surface area (Å²) >= 11 is 8.91. The van der Waals surface area contributed by atoms with Crippen LogP contribution in [-0.4, -0.2) is 25.3 Å². The van der Waals surface area contributed by atoms with E-state index in [1.807, 2.05) is 35.8 Å². The summed E-state index contributed by atoms with van der Waals surface area (Å²) in [6, 6.07) is 8.75. The number of hydrogen-bond acceptors (Lipinski definition) is 5. The molecule has 0 saturated heterocycles. The van der Waals surface area contributed by atoms with Crippen molar-refractivity contribution in [2.45, 2.75) is 24.5 Å². The van der Waals surface area contributed by atoms with Crippen LogP contribution in [-0.2, 0) is 12.7 Å². The number of thioether (sulfide) groups is 1. The van der Waals surface area contributed by atoms with E-state index in [-0.39, 0.29) is 5.52 Å². The minimum absolute atomic E-state index is 0.196. The van der Waals surface area contributed by atoms with Crippen molar-refractivity contribution in [3.05, 3.63) is 57.6 Å². The molecule has 0 fully saturated rings. The van der Waals surface area contributed by atoms with Gasteiger partial charge in [0.1, 0.15) is 11.3 Å². The Bertz CT molecular complexity index is 1170. The third-order valence-corrected chi connectivity index (χ3v) is 6.23. The Morgan fingerprint density at radius 1 is 1.17 bits per heavy atom. The highest BCUT2D eigenvalue weighted by Crippen LogP contribution is 2.35. The zero-order valence-corrected chi connectivity index (χ0v) is 17.5. The molecular weight excluding hydrogens is 441 g/mol. The first-order chi connectivity index (χ1) is 13.9. The maximum atomic E-state index is 13.2. The maximum Gasteiger partial charge on any atom is 0.417 e. The van der Waals surface area contributed by atoms with Crippen LogP contribution in [0.4, 0.5) is 13.2 Å². The summed E-state index contributed by atoms with van der Waals surface area (Å²) < 4.78 is 41.7. The topological polar surface area (TPSA) is 43.6 Å². The molecule has 4 aromatic rings. The molecule has 0 radical (unpaired) electrons. The van der Waals surface area contributed by atoms with E-state index >= 15 is 0 Å². The predicted octanol–water partition coefficient (Wildman–Crippen LogP) is 6.39. The van der Waals surface area contributed by atoms with Crippen LogP contribution in [0.15, 0.2) is 47.6 Å². The molecule has 0 spiro atoms. The zero-order chi connectivity index (χ0) is 20.6. The van der Waals surface area contributed by atoms with Crippen LogP contribution in [0.25, 0.3) is 22.6 Å². The Morgan fingerprint density at radius 3 is 2.66 bits per heavy atom. The van der Waals surface area contributed by atoms with Crippen molar-refractivity contribution >= 4 is 45.9 Å². The fraction of sp³-hybridized carbons (Fsp3) is 0.211. The minimum atomic E-state index is -4.48. The van der Waals surface area contributed by atoms with Gasteiger partial charge in [0.2, 0.25) is 0 Å². The Balaban J connectivity index is 1.93. The van der Waals surface area contributed by atoms with Gasteiger partial charge in [0.15, 0.2) is 10.1 Å². The SMILES string of the molecule is CCSc1ccccc1-c1nc2cc(C(F)(F)F)cnc2n1Cc1cnc(Cl)s1. The van der Waals surface area contributed by atoms with E-state index in [2.05, 4.69) is 15.0 Å². The molecule has 0 bridgehead atoms. The Kier molecular flexibility index (Phi) is 5.54. The molecule has 3 aromatic heterocycles. The van der Waals surface area contributed by atoms with Gasteiger partial charge in [-0.3, -0.25) is 0 Å². The highest BCUT2D eigenvalue weighted by Gasteiger charge is 2.32. The highest BCUT2D eigenvalue weighted by atomic mass is 35.5. The highest BCUT2D eigenvalue weighted by molar-refractivity contribution is 7.99. The van der Waals surface area contributed by atoms with Gasteiger partial charge in [-0.05, 0) is 17.9 Å². The smallest absolute Gasteiger partial charge is 0.303 e. The zero-order valence-electron chi connectivity index (χ0n) is 15.1. The van der Waals surface area contributed by atoms with Crippen molar-refractivity contribution < 1.29 is 13.2 Å². The van der Waals surface area contributed by atoms with E-state index in [4.69, 9.17) is 11.6 Å². The van der Waals surface area contributed by atoms with Crippen molar-refractivity contribution in [3.8, 4) is 11.4 Å². The number of hydrogen-bond donors (Lipinski definition) is 0. The number of rotatable bonds is 5. The fourth-order valence-corrected chi connectivity index (χ4v) is 4.73. The van der Waals surface area contributed by atoms with Crippen molar-refractivity contribution in [1.29, 1.82) is 0 Å². The van der Waals surface area contributed by atoms with E-state index in [1.54, 1.807) is 18.0 Å². The lowest BCUT2D eigenvalue weighted by Gasteiger charge is -2.11. The summed E-state index contributed by atoms with van der Waals surface area (Å²) in [7, 11) is 0. The number of imidazole rings is 1. The van der Waals surface area contributed by atoms with Gasteiger partial charge in [0, 0.05) is 27.7 Å². The summed E-state index contributed by atoms with van der Waals surface area (Å²) in [4.78, 5) is 14.6. The molecule has 1 aromatic carbocycles. The van der Waals surface area contributed by atoms with Gasteiger partial charge >= 0.3 is 6.18 Å². The van der Waals surface area contributed by atoms with Crippen molar-refractivity contribution in [2.75, 3.05) is 5.75 Å². The van der Waals surface area contributed by atoms with Gasteiger partial charge < -0.3 is 4.57 Å². The molecule has 150 valence electrons. The van der Waals surface area contributed by atoms with Crippen LogP contribution >= 0.6 is 34.7 Å². The fourth-order valence-electron chi connectivity index (χ4n) is 2.97. The number of fused-ring (bicyclic) bond motifs is 1. The van der Waals surface area contributed by atoms with Crippen LogP contribution < -0.4 is 0 Å². The Morgan fingerprint density at radius 2 is 1.97 bits per heavy atom.